The zero-order valence-electron chi connectivity index (χ0n) is 12.7. The molecule has 0 radical (unpaired) electrons. The van der Waals surface area contributed by atoms with Crippen LogP contribution in [-0.2, 0) is 16.0 Å². The molecule has 8 heteroatoms. The first-order valence-electron chi connectivity index (χ1n) is 6.65. The van der Waals surface area contributed by atoms with Crippen molar-refractivity contribution in [2.75, 3.05) is 19.0 Å². The summed E-state index contributed by atoms with van der Waals surface area (Å²) in [6.07, 6.45) is 2.46. The SMILES string of the molecule is CC#CCOC(=O)Nc1cnn(Cc2ccc(C(=O)OC)o2)c1. The van der Waals surface area contributed by atoms with Gasteiger partial charge in [-0.15, -0.1) is 5.92 Å². The van der Waals surface area contributed by atoms with E-state index in [0.29, 0.717) is 18.0 Å². The van der Waals surface area contributed by atoms with Crippen LogP contribution in [0.25, 0.3) is 0 Å². The van der Waals surface area contributed by atoms with Crippen LogP contribution in [0.4, 0.5) is 10.5 Å². The monoisotopic (exact) mass is 317 g/mol. The van der Waals surface area contributed by atoms with Gasteiger partial charge in [-0.2, -0.15) is 5.10 Å². The number of carbonyl (C=O) groups excluding carboxylic acids is 2. The van der Waals surface area contributed by atoms with Gasteiger partial charge in [0.25, 0.3) is 0 Å². The van der Waals surface area contributed by atoms with Gasteiger partial charge in [0.15, 0.2) is 6.61 Å². The number of amides is 1. The van der Waals surface area contributed by atoms with Crippen LogP contribution in [0, 0.1) is 11.8 Å². The van der Waals surface area contributed by atoms with Gasteiger partial charge in [-0.25, -0.2) is 9.59 Å². The Morgan fingerprint density at radius 2 is 2.26 bits per heavy atom. The van der Waals surface area contributed by atoms with Crippen LogP contribution >= 0.6 is 0 Å². The second-order valence-electron chi connectivity index (χ2n) is 4.31. The highest BCUT2D eigenvalue weighted by molar-refractivity contribution is 5.86. The Balaban J connectivity index is 1.91. The summed E-state index contributed by atoms with van der Waals surface area (Å²) in [6, 6.07) is 3.18. The average molecular weight is 317 g/mol. The summed E-state index contributed by atoms with van der Waals surface area (Å²) in [5.41, 5.74) is 0.471. The molecular weight excluding hydrogens is 302 g/mol. The molecule has 2 heterocycles. The van der Waals surface area contributed by atoms with Crippen LogP contribution < -0.4 is 5.32 Å². The lowest BCUT2D eigenvalue weighted by molar-refractivity contribution is 0.0562. The molecule has 0 spiro atoms. The molecule has 0 aliphatic carbocycles. The minimum absolute atomic E-state index is 0.0270. The predicted molar refractivity (Wildman–Crippen MR) is 79.8 cm³/mol. The number of hydrogen-bond donors (Lipinski definition) is 1. The highest BCUT2D eigenvalue weighted by Crippen LogP contribution is 2.12. The Labute approximate surface area is 132 Å². The first kappa shape index (κ1) is 16.2. The van der Waals surface area contributed by atoms with Crippen LogP contribution in [0.15, 0.2) is 28.9 Å². The molecule has 8 nitrogen and oxygen atoms in total. The van der Waals surface area contributed by atoms with Crippen molar-refractivity contribution in [2.24, 2.45) is 0 Å². The van der Waals surface area contributed by atoms with E-state index in [4.69, 9.17) is 9.15 Å². The van der Waals surface area contributed by atoms with Gasteiger partial charge in [0.05, 0.1) is 25.5 Å². The van der Waals surface area contributed by atoms with Crippen LogP contribution in [0.3, 0.4) is 0 Å². The van der Waals surface area contributed by atoms with E-state index in [2.05, 4.69) is 27.0 Å². The molecule has 1 amide bonds. The zero-order chi connectivity index (χ0) is 16.7. The lowest BCUT2D eigenvalue weighted by Crippen LogP contribution is -2.13. The Hall–Kier alpha value is -3.21. The van der Waals surface area contributed by atoms with E-state index in [1.54, 1.807) is 23.9 Å². The molecule has 1 N–H and O–H groups in total. The molecule has 2 rings (SSSR count). The number of rotatable bonds is 5. The molecule has 0 saturated carbocycles. The fraction of sp³-hybridized carbons (Fsp3) is 0.267. The van der Waals surface area contributed by atoms with Gasteiger partial charge in [0.1, 0.15) is 5.76 Å². The molecule has 0 saturated heterocycles. The predicted octanol–water partition coefficient (Wildman–Crippen LogP) is 1.88. The van der Waals surface area contributed by atoms with E-state index in [0.717, 1.165) is 0 Å². The highest BCUT2D eigenvalue weighted by Gasteiger charge is 2.12. The summed E-state index contributed by atoms with van der Waals surface area (Å²) in [4.78, 5) is 22.8. The van der Waals surface area contributed by atoms with Crippen molar-refractivity contribution in [1.82, 2.24) is 9.78 Å². The molecule has 0 fully saturated rings. The summed E-state index contributed by atoms with van der Waals surface area (Å²) in [5.74, 6) is 5.34. The van der Waals surface area contributed by atoms with E-state index >= 15 is 0 Å². The van der Waals surface area contributed by atoms with Crippen LogP contribution in [0.2, 0.25) is 0 Å². The van der Waals surface area contributed by atoms with E-state index < -0.39 is 12.1 Å². The highest BCUT2D eigenvalue weighted by atomic mass is 16.5. The molecule has 2 aromatic rings. The standard InChI is InChI=1S/C15H15N3O5/c1-3-4-7-22-15(20)17-11-8-16-18(9-11)10-12-5-6-13(23-12)14(19)21-2/h5-6,8-9H,7,10H2,1-2H3,(H,17,20). The van der Waals surface area contributed by atoms with Crippen molar-refractivity contribution in [1.29, 1.82) is 0 Å². The number of furan rings is 1. The maximum Gasteiger partial charge on any atom is 0.412 e. The third-order valence-corrected chi connectivity index (χ3v) is 2.70. The third kappa shape index (κ3) is 4.64. The van der Waals surface area contributed by atoms with Crippen molar-refractivity contribution in [2.45, 2.75) is 13.5 Å². The van der Waals surface area contributed by atoms with E-state index in [9.17, 15) is 9.59 Å². The molecular formula is C15H15N3O5. The first-order valence-corrected chi connectivity index (χ1v) is 6.65. The second kappa shape index (κ2) is 7.70. The van der Waals surface area contributed by atoms with Gasteiger partial charge >= 0.3 is 12.1 Å². The minimum Gasteiger partial charge on any atom is -0.463 e. The Morgan fingerprint density at radius 1 is 1.43 bits per heavy atom. The Morgan fingerprint density at radius 3 is 3.00 bits per heavy atom. The summed E-state index contributed by atoms with van der Waals surface area (Å²) in [6.45, 7) is 1.99. The van der Waals surface area contributed by atoms with Gasteiger partial charge < -0.3 is 13.9 Å². The molecule has 0 aromatic carbocycles. The zero-order valence-corrected chi connectivity index (χ0v) is 12.7. The lowest BCUT2D eigenvalue weighted by Gasteiger charge is -2.01. The maximum atomic E-state index is 11.5. The van der Waals surface area contributed by atoms with Crippen molar-refractivity contribution in [3.05, 3.63) is 36.0 Å². The van der Waals surface area contributed by atoms with Gasteiger partial charge in [-0.3, -0.25) is 10.00 Å². The van der Waals surface area contributed by atoms with Crippen molar-refractivity contribution >= 4 is 17.7 Å². The fourth-order valence-electron chi connectivity index (χ4n) is 1.68. The van der Waals surface area contributed by atoms with Gasteiger partial charge in [0, 0.05) is 6.20 Å². The van der Waals surface area contributed by atoms with Crippen molar-refractivity contribution < 1.29 is 23.5 Å². The van der Waals surface area contributed by atoms with Crippen LogP contribution in [0.1, 0.15) is 23.2 Å². The molecule has 0 atom stereocenters. The first-order chi connectivity index (χ1) is 11.1. The lowest BCUT2D eigenvalue weighted by atomic mass is 10.4. The smallest absolute Gasteiger partial charge is 0.412 e. The van der Waals surface area contributed by atoms with Crippen molar-refractivity contribution in [3.63, 3.8) is 0 Å². The van der Waals surface area contributed by atoms with E-state index in [1.165, 1.54) is 19.4 Å². The number of nitrogens with zero attached hydrogens (tertiary/aromatic N) is 2. The Kier molecular flexibility index (Phi) is 5.41. The van der Waals surface area contributed by atoms with E-state index in [-0.39, 0.29) is 12.4 Å². The number of hydrogen-bond acceptors (Lipinski definition) is 6. The average Bonchev–Trinajstić information content (AvgIpc) is 3.17. The number of nitrogens with one attached hydrogen (secondary N) is 1. The molecule has 0 aliphatic heterocycles. The minimum atomic E-state index is -0.613. The van der Waals surface area contributed by atoms with Crippen molar-refractivity contribution in [3.8, 4) is 11.8 Å². The molecule has 0 bridgehead atoms. The van der Waals surface area contributed by atoms with E-state index in [1.807, 2.05) is 0 Å². The molecule has 0 unspecified atom stereocenters. The summed E-state index contributed by atoms with van der Waals surface area (Å²) < 4.78 is 16.3. The normalized spacial score (nSPS) is 9.65. The number of methoxy groups -OCH3 is 1. The number of esters is 1. The third-order valence-electron chi connectivity index (χ3n) is 2.70. The molecule has 120 valence electrons. The summed E-state index contributed by atoms with van der Waals surface area (Å²) >= 11 is 0. The maximum absolute atomic E-state index is 11.5. The number of ether oxygens (including phenoxy) is 2. The number of aromatic nitrogens is 2. The van der Waals surface area contributed by atoms with Gasteiger partial charge in [-0.1, -0.05) is 5.92 Å². The van der Waals surface area contributed by atoms with Gasteiger partial charge in [-0.05, 0) is 19.1 Å². The fourth-order valence-corrected chi connectivity index (χ4v) is 1.68. The second-order valence-corrected chi connectivity index (χ2v) is 4.31. The van der Waals surface area contributed by atoms with Gasteiger partial charge in [0.2, 0.25) is 5.76 Å². The summed E-state index contributed by atoms with van der Waals surface area (Å²) in [5, 5.41) is 6.60. The van der Waals surface area contributed by atoms with Crippen LogP contribution in [-0.4, -0.2) is 35.6 Å². The quantitative estimate of drug-likeness (QED) is 0.668. The largest absolute Gasteiger partial charge is 0.463 e. The van der Waals surface area contributed by atoms with Crippen LogP contribution in [0.5, 0.6) is 0 Å². The number of anilines is 1. The Bertz CT molecular complexity index is 750. The molecule has 0 aliphatic rings. The number of carbonyl (C=O) groups is 2. The topological polar surface area (TPSA) is 95.6 Å². The summed E-state index contributed by atoms with van der Waals surface area (Å²) in [7, 11) is 1.28. The molecule has 23 heavy (non-hydrogen) atoms. The molecule has 2 aromatic heterocycles.